The molecule has 164 valence electrons. The van der Waals surface area contributed by atoms with Gasteiger partial charge >= 0.3 is 6.18 Å². The van der Waals surface area contributed by atoms with Crippen LogP contribution in [0.3, 0.4) is 0 Å². The van der Waals surface area contributed by atoms with Gasteiger partial charge in [-0.3, -0.25) is 14.4 Å². The predicted molar refractivity (Wildman–Crippen MR) is 108 cm³/mol. The summed E-state index contributed by atoms with van der Waals surface area (Å²) in [5.74, 6) is -0.660. The second-order valence-electron chi connectivity index (χ2n) is 7.82. The highest BCUT2D eigenvalue weighted by Crippen LogP contribution is 2.31. The number of hydrogen-bond acceptors (Lipinski definition) is 5. The summed E-state index contributed by atoms with van der Waals surface area (Å²) in [5, 5.41) is 4.97. The fourth-order valence-corrected chi connectivity index (χ4v) is 3.76. The maximum atomic E-state index is 13.1. The van der Waals surface area contributed by atoms with Crippen molar-refractivity contribution < 1.29 is 22.7 Å². The smallest absolute Gasteiger partial charge is 0.366 e. The molecule has 0 aliphatic carbocycles. The normalized spacial score (nSPS) is 20.3. The maximum absolute atomic E-state index is 13.1. The van der Waals surface area contributed by atoms with Gasteiger partial charge in [-0.1, -0.05) is 12.1 Å². The molecule has 1 fully saturated rings. The molecule has 1 aromatic carbocycles. The Balaban J connectivity index is 1.69. The molecule has 0 radical (unpaired) electrons. The Morgan fingerprint density at radius 1 is 1.32 bits per heavy atom. The number of pyridine rings is 1. The molecule has 0 spiro atoms. The van der Waals surface area contributed by atoms with Crippen molar-refractivity contribution in [3.8, 4) is 11.1 Å². The Bertz CT molecular complexity index is 1130. The Morgan fingerprint density at radius 2 is 2.10 bits per heavy atom. The van der Waals surface area contributed by atoms with E-state index < -0.39 is 18.2 Å². The monoisotopic (exact) mass is 433 g/mol. The summed E-state index contributed by atoms with van der Waals surface area (Å²) in [6, 6.07) is 6.96. The third-order valence-electron chi connectivity index (χ3n) is 5.46. The molecule has 3 aromatic rings. The van der Waals surface area contributed by atoms with Crippen LogP contribution in [-0.4, -0.2) is 57.0 Å². The standard InChI is InChI=1S/C21H22F3N5O2/c1-12-11-31-19(21(22,23)24)10-29(12)8-13-3-4-15-16(14-7-26-28(2)9-14)6-18(20(25)30)27-17(15)5-13/h3-7,9,12,19H,8,10-11H2,1-2H3,(H2,25,30)/t12-,19-/m1/s1. The van der Waals surface area contributed by atoms with Crippen LogP contribution >= 0.6 is 0 Å². The number of carbonyl (C=O) groups excluding carboxylic acids is 1. The fraction of sp³-hybridized carbons (Fsp3) is 0.381. The molecule has 2 N–H and O–H groups in total. The van der Waals surface area contributed by atoms with Crippen LogP contribution in [0, 0.1) is 0 Å². The lowest BCUT2D eigenvalue weighted by Gasteiger charge is -2.38. The first-order chi connectivity index (χ1) is 14.6. The van der Waals surface area contributed by atoms with Crippen LogP contribution in [0.1, 0.15) is 23.0 Å². The zero-order valence-corrected chi connectivity index (χ0v) is 17.1. The van der Waals surface area contributed by atoms with Gasteiger partial charge < -0.3 is 10.5 Å². The van der Waals surface area contributed by atoms with Gasteiger partial charge in [0.2, 0.25) is 0 Å². The lowest BCUT2D eigenvalue weighted by atomic mass is 10.0. The van der Waals surface area contributed by atoms with Crippen LogP contribution in [0.4, 0.5) is 13.2 Å². The van der Waals surface area contributed by atoms with E-state index in [1.807, 2.05) is 25.3 Å². The van der Waals surface area contributed by atoms with Gasteiger partial charge in [-0.2, -0.15) is 18.3 Å². The van der Waals surface area contributed by atoms with Gasteiger partial charge in [0.05, 0.1) is 18.3 Å². The van der Waals surface area contributed by atoms with Crippen LogP contribution in [0.25, 0.3) is 22.0 Å². The van der Waals surface area contributed by atoms with Crippen LogP contribution in [0.2, 0.25) is 0 Å². The van der Waals surface area contributed by atoms with Crippen LogP contribution < -0.4 is 5.73 Å². The highest BCUT2D eigenvalue weighted by atomic mass is 19.4. The second-order valence-corrected chi connectivity index (χ2v) is 7.82. The van der Waals surface area contributed by atoms with Gasteiger partial charge in [-0.25, -0.2) is 4.98 Å². The molecule has 1 aliphatic rings. The summed E-state index contributed by atoms with van der Waals surface area (Å²) < 4.78 is 45.9. The number of fused-ring (bicyclic) bond motifs is 1. The molecule has 7 nitrogen and oxygen atoms in total. The van der Waals surface area contributed by atoms with Gasteiger partial charge in [0.25, 0.3) is 5.91 Å². The van der Waals surface area contributed by atoms with E-state index in [1.54, 1.807) is 35.0 Å². The number of halogens is 3. The lowest BCUT2D eigenvalue weighted by Crippen LogP contribution is -2.52. The average molecular weight is 433 g/mol. The summed E-state index contributed by atoms with van der Waals surface area (Å²) in [7, 11) is 1.79. The largest absolute Gasteiger partial charge is 0.415 e. The minimum Gasteiger partial charge on any atom is -0.366 e. The van der Waals surface area contributed by atoms with Gasteiger partial charge in [0, 0.05) is 43.3 Å². The molecule has 0 bridgehead atoms. The lowest BCUT2D eigenvalue weighted by molar-refractivity contribution is -0.244. The van der Waals surface area contributed by atoms with Crippen LogP contribution in [0.15, 0.2) is 36.7 Å². The number of rotatable bonds is 4. The molecule has 4 rings (SSSR count). The molecule has 31 heavy (non-hydrogen) atoms. The first-order valence-electron chi connectivity index (χ1n) is 9.76. The van der Waals surface area contributed by atoms with Gasteiger partial charge in [-0.05, 0) is 30.2 Å². The Kier molecular flexibility index (Phi) is 5.44. The number of aromatic nitrogens is 3. The Labute approximate surface area is 176 Å². The minimum absolute atomic E-state index is 0.00693. The third kappa shape index (κ3) is 4.40. The first kappa shape index (κ1) is 21.3. The molecule has 2 aromatic heterocycles. The highest BCUT2D eigenvalue weighted by molar-refractivity contribution is 6.00. The summed E-state index contributed by atoms with van der Waals surface area (Å²) in [4.78, 5) is 17.9. The van der Waals surface area contributed by atoms with Crippen molar-refractivity contribution >= 4 is 16.8 Å². The van der Waals surface area contributed by atoms with Crippen molar-refractivity contribution in [1.29, 1.82) is 0 Å². The average Bonchev–Trinajstić information content (AvgIpc) is 3.13. The van der Waals surface area contributed by atoms with E-state index >= 15 is 0 Å². The van der Waals surface area contributed by atoms with Crippen molar-refractivity contribution in [2.45, 2.75) is 31.8 Å². The fourth-order valence-electron chi connectivity index (χ4n) is 3.76. The predicted octanol–water partition coefficient (Wildman–Crippen LogP) is 2.89. The molecule has 0 unspecified atom stereocenters. The number of morpholine rings is 1. The van der Waals surface area contributed by atoms with E-state index in [9.17, 15) is 18.0 Å². The summed E-state index contributed by atoms with van der Waals surface area (Å²) in [5.41, 5.74) is 8.47. The Morgan fingerprint density at radius 3 is 2.74 bits per heavy atom. The number of benzene rings is 1. The molecule has 2 atom stereocenters. The highest BCUT2D eigenvalue weighted by Gasteiger charge is 2.44. The number of aryl methyl sites for hydroxylation is 1. The van der Waals surface area contributed by atoms with Crippen molar-refractivity contribution in [3.05, 3.63) is 47.9 Å². The second kappa shape index (κ2) is 7.93. The summed E-state index contributed by atoms with van der Waals surface area (Å²) >= 11 is 0. The van der Waals surface area contributed by atoms with Gasteiger partial charge in [0.15, 0.2) is 6.10 Å². The molecule has 1 saturated heterocycles. The topological polar surface area (TPSA) is 86.3 Å². The third-order valence-corrected chi connectivity index (χ3v) is 5.46. The van der Waals surface area contributed by atoms with Crippen molar-refractivity contribution in [2.75, 3.05) is 13.2 Å². The number of primary amides is 1. The molecule has 10 heteroatoms. The van der Waals surface area contributed by atoms with Crippen molar-refractivity contribution in [1.82, 2.24) is 19.7 Å². The minimum atomic E-state index is -4.40. The number of amides is 1. The van der Waals surface area contributed by atoms with E-state index in [0.717, 1.165) is 22.1 Å². The number of nitrogens with two attached hydrogens (primary N) is 1. The number of nitrogens with zero attached hydrogens (tertiary/aromatic N) is 4. The molecule has 3 heterocycles. The molecule has 1 amide bonds. The SMILES string of the molecule is C[C@@H]1CO[C@@H](C(F)(F)F)CN1Cc1ccc2c(-c3cnn(C)c3)cc(C(N)=O)nc2c1. The molecule has 0 saturated carbocycles. The molecular formula is C21H22F3N5O2. The Hall–Kier alpha value is -2.98. The van der Waals surface area contributed by atoms with Crippen molar-refractivity contribution in [3.63, 3.8) is 0 Å². The first-order valence-corrected chi connectivity index (χ1v) is 9.76. The van der Waals surface area contributed by atoms with Crippen molar-refractivity contribution in [2.24, 2.45) is 12.8 Å². The molecule has 1 aliphatic heterocycles. The van der Waals surface area contributed by atoms with Gasteiger partial charge in [0.1, 0.15) is 5.69 Å². The van der Waals surface area contributed by atoms with E-state index in [2.05, 4.69) is 10.1 Å². The zero-order chi connectivity index (χ0) is 22.3. The zero-order valence-electron chi connectivity index (χ0n) is 17.1. The van der Waals surface area contributed by atoms with Gasteiger partial charge in [-0.15, -0.1) is 0 Å². The summed E-state index contributed by atoms with van der Waals surface area (Å²) in [6.45, 7) is 1.90. The van der Waals surface area contributed by atoms with Crippen LogP contribution in [-0.2, 0) is 18.3 Å². The number of alkyl halides is 3. The number of ether oxygens (including phenoxy) is 1. The summed E-state index contributed by atoms with van der Waals surface area (Å²) in [6.07, 6.45) is -2.71. The van der Waals surface area contributed by atoms with Crippen LogP contribution in [0.5, 0.6) is 0 Å². The number of carbonyl (C=O) groups is 1. The van der Waals surface area contributed by atoms with E-state index in [0.29, 0.717) is 12.1 Å². The van der Waals surface area contributed by atoms with E-state index in [1.165, 1.54) is 0 Å². The van der Waals surface area contributed by atoms with E-state index in [4.69, 9.17) is 10.5 Å². The maximum Gasteiger partial charge on any atom is 0.415 e. The molecular weight excluding hydrogens is 411 g/mol. The van der Waals surface area contributed by atoms with E-state index in [-0.39, 0.29) is 24.9 Å². The number of hydrogen-bond donors (Lipinski definition) is 1. The quantitative estimate of drug-likeness (QED) is 0.684.